The summed E-state index contributed by atoms with van der Waals surface area (Å²) < 4.78 is 15.2. The minimum absolute atomic E-state index is 0.0731. The molecule has 0 saturated carbocycles. The maximum absolute atomic E-state index is 13.8. The number of amides is 1. The Kier molecular flexibility index (Phi) is 4.70. The van der Waals surface area contributed by atoms with Gasteiger partial charge < -0.3 is 20.7 Å². The number of carboxylic acid groups (broad SMARTS) is 1. The van der Waals surface area contributed by atoms with Crippen LogP contribution in [0.25, 0.3) is 16.9 Å². The largest absolute Gasteiger partial charge is 0.465 e. The monoisotopic (exact) mass is 435 g/mol. The second-order valence-corrected chi connectivity index (χ2v) is 7.31. The molecular formula is C21H18FN7O3. The second-order valence-electron chi connectivity index (χ2n) is 7.31. The van der Waals surface area contributed by atoms with Gasteiger partial charge in [0, 0.05) is 12.2 Å². The first-order chi connectivity index (χ1) is 15.5. The fraction of sp³-hybridized carbons (Fsp3) is 0.143. The van der Waals surface area contributed by atoms with Gasteiger partial charge in [0.05, 0.1) is 23.3 Å². The zero-order valence-electron chi connectivity index (χ0n) is 16.6. The van der Waals surface area contributed by atoms with Crippen LogP contribution < -0.4 is 21.6 Å². The Morgan fingerprint density at radius 1 is 1.19 bits per heavy atom. The Balaban J connectivity index is 1.56. The topological polar surface area (TPSA) is 137 Å². The van der Waals surface area contributed by atoms with Crippen molar-refractivity contribution in [2.75, 3.05) is 22.5 Å². The molecular weight excluding hydrogens is 417 g/mol. The van der Waals surface area contributed by atoms with Crippen LogP contribution in [0.5, 0.6) is 0 Å². The minimum Gasteiger partial charge on any atom is -0.465 e. The molecule has 10 nitrogen and oxygen atoms in total. The summed E-state index contributed by atoms with van der Waals surface area (Å²) in [5.74, 6) is -0.491. The molecule has 162 valence electrons. The van der Waals surface area contributed by atoms with Crippen molar-refractivity contribution in [1.29, 1.82) is 0 Å². The van der Waals surface area contributed by atoms with Crippen molar-refractivity contribution < 1.29 is 14.3 Å². The van der Waals surface area contributed by atoms with Crippen LogP contribution in [-0.4, -0.2) is 37.3 Å². The summed E-state index contributed by atoms with van der Waals surface area (Å²) in [6, 6.07) is 9.27. The molecule has 0 bridgehead atoms. The van der Waals surface area contributed by atoms with Gasteiger partial charge in [-0.3, -0.25) is 5.32 Å². The Morgan fingerprint density at radius 2 is 2.06 bits per heavy atom. The summed E-state index contributed by atoms with van der Waals surface area (Å²) in [5.41, 5.74) is 3.50. The number of nitrogens with zero attached hydrogens (tertiary/aromatic N) is 3. The predicted octanol–water partition coefficient (Wildman–Crippen LogP) is 3.44. The van der Waals surface area contributed by atoms with Crippen molar-refractivity contribution in [2.24, 2.45) is 0 Å². The number of halogens is 1. The number of imidazole rings is 1. The number of rotatable bonds is 4. The lowest BCUT2D eigenvalue weighted by atomic mass is 10.0. The third kappa shape index (κ3) is 3.60. The van der Waals surface area contributed by atoms with Crippen molar-refractivity contribution in [3.63, 3.8) is 0 Å². The predicted molar refractivity (Wildman–Crippen MR) is 118 cm³/mol. The van der Waals surface area contributed by atoms with Gasteiger partial charge >= 0.3 is 11.8 Å². The van der Waals surface area contributed by atoms with E-state index in [1.54, 1.807) is 0 Å². The van der Waals surface area contributed by atoms with E-state index in [9.17, 15) is 14.0 Å². The van der Waals surface area contributed by atoms with Crippen LogP contribution >= 0.6 is 0 Å². The molecule has 0 unspecified atom stereocenters. The lowest BCUT2D eigenvalue weighted by molar-refractivity contribution is 0.210. The molecule has 0 saturated heterocycles. The van der Waals surface area contributed by atoms with Gasteiger partial charge in [0.25, 0.3) is 0 Å². The number of aryl methyl sites for hydroxylation is 1. The fourth-order valence-corrected chi connectivity index (χ4v) is 3.76. The van der Waals surface area contributed by atoms with Crippen LogP contribution in [0.4, 0.5) is 32.2 Å². The van der Waals surface area contributed by atoms with Crippen molar-refractivity contribution in [1.82, 2.24) is 19.5 Å². The van der Waals surface area contributed by atoms with Crippen molar-refractivity contribution >= 4 is 40.3 Å². The van der Waals surface area contributed by atoms with E-state index in [4.69, 9.17) is 5.11 Å². The number of carbonyl (C=O) groups is 1. The molecule has 5 rings (SSSR count). The molecule has 32 heavy (non-hydrogen) atoms. The van der Waals surface area contributed by atoms with Gasteiger partial charge in [0.15, 0.2) is 5.65 Å². The van der Waals surface area contributed by atoms with E-state index in [0.717, 1.165) is 42.8 Å². The number of anilines is 4. The van der Waals surface area contributed by atoms with E-state index in [1.165, 1.54) is 16.8 Å². The molecule has 3 heterocycles. The van der Waals surface area contributed by atoms with Crippen molar-refractivity contribution in [3.8, 4) is 5.69 Å². The van der Waals surface area contributed by atoms with Crippen molar-refractivity contribution in [2.45, 2.75) is 12.8 Å². The highest BCUT2D eigenvalue weighted by molar-refractivity contribution is 5.89. The first-order valence-electron chi connectivity index (χ1n) is 9.89. The summed E-state index contributed by atoms with van der Waals surface area (Å²) in [5, 5.41) is 17.4. The lowest BCUT2D eigenvalue weighted by Gasteiger charge is -2.18. The van der Waals surface area contributed by atoms with Crippen LogP contribution in [0.1, 0.15) is 12.0 Å². The quantitative estimate of drug-likeness (QED) is 0.331. The molecule has 1 amide bonds. The summed E-state index contributed by atoms with van der Waals surface area (Å²) in [6.45, 7) is 0.917. The van der Waals surface area contributed by atoms with Gasteiger partial charge in [-0.2, -0.15) is 4.98 Å². The lowest BCUT2D eigenvalue weighted by Crippen LogP contribution is -2.17. The van der Waals surface area contributed by atoms with Crippen LogP contribution in [0.3, 0.4) is 0 Å². The van der Waals surface area contributed by atoms with E-state index >= 15 is 0 Å². The van der Waals surface area contributed by atoms with Crippen LogP contribution in [0, 0.1) is 5.82 Å². The SMILES string of the molecule is O=C(O)Nc1ccc(F)cc1Nc1ncc2[nH]c(=O)n(-c3ccc4c(c3)CCCN4)c2n1. The third-order valence-electron chi connectivity index (χ3n) is 5.18. The maximum Gasteiger partial charge on any atom is 0.409 e. The zero-order valence-corrected chi connectivity index (χ0v) is 16.6. The van der Waals surface area contributed by atoms with Gasteiger partial charge in [-0.05, 0) is 54.8 Å². The van der Waals surface area contributed by atoms with E-state index in [1.807, 2.05) is 18.2 Å². The standard InChI is InChI=1S/C21H18FN7O3/c22-12-3-5-15(27-21(31)32)16(9-12)25-19-24-10-17-18(28-19)29(20(30)26-17)13-4-6-14-11(8-13)2-1-7-23-14/h3-6,8-10,23,27H,1-2,7H2,(H,26,30)(H,31,32)(H,24,25,28). The number of nitrogens with one attached hydrogen (secondary N) is 4. The number of aromatic nitrogens is 4. The summed E-state index contributed by atoms with van der Waals surface area (Å²) >= 11 is 0. The Morgan fingerprint density at radius 3 is 2.91 bits per heavy atom. The number of hydrogen-bond donors (Lipinski definition) is 5. The first-order valence-corrected chi connectivity index (χ1v) is 9.89. The maximum atomic E-state index is 13.8. The van der Waals surface area contributed by atoms with E-state index in [0.29, 0.717) is 16.9 Å². The molecule has 0 aliphatic carbocycles. The van der Waals surface area contributed by atoms with Gasteiger partial charge in [-0.1, -0.05) is 0 Å². The summed E-state index contributed by atoms with van der Waals surface area (Å²) in [4.78, 5) is 35.0. The normalized spacial score (nSPS) is 12.8. The average Bonchev–Trinajstić information content (AvgIpc) is 3.10. The third-order valence-corrected chi connectivity index (χ3v) is 5.18. The van der Waals surface area contributed by atoms with Crippen LogP contribution in [0.15, 0.2) is 47.4 Å². The molecule has 1 aliphatic rings. The highest BCUT2D eigenvalue weighted by Gasteiger charge is 2.16. The molecule has 0 spiro atoms. The molecule has 1 aliphatic heterocycles. The highest BCUT2D eigenvalue weighted by atomic mass is 19.1. The highest BCUT2D eigenvalue weighted by Crippen LogP contribution is 2.27. The zero-order chi connectivity index (χ0) is 22.2. The first kappa shape index (κ1) is 19.5. The number of hydrogen-bond acceptors (Lipinski definition) is 6. The molecule has 0 fully saturated rings. The minimum atomic E-state index is -1.29. The fourth-order valence-electron chi connectivity index (χ4n) is 3.76. The Hall–Kier alpha value is -4.41. The molecule has 5 N–H and O–H groups in total. The summed E-state index contributed by atoms with van der Waals surface area (Å²) in [6.07, 6.45) is 2.06. The van der Waals surface area contributed by atoms with Gasteiger partial charge in [-0.15, -0.1) is 0 Å². The molecule has 0 atom stereocenters. The van der Waals surface area contributed by atoms with E-state index < -0.39 is 11.9 Å². The number of fused-ring (bicyclic) bond motifs is 2. The second kappa shape index (κ2) is 7.69. The Labute approximate surface area is 180 Å². The molecule has 4 aromatic rings. The van der Waals surface area contributed by atoms with Crippen molar-refractivity contribution in [3.05, 3.63) is 64.5 Å². The molecule has 0 radical (unpaired) electrons. The van der Waals surface area contributed by atoms with Crippen LogP contribution in [-0.2, 0) is 6.42 Å². The van der Waals surface area contributed by atoms with Crippen LogP contribution in [0.2, 0.25) is 0 Å². The molecule has 2 aromatic heterocycles. The van der Waals surface area contributed by atoms with E-state index in [-0.39, 0.29) is 23.0 Å². The summed E-state index contributed by atoms with van der Waals surface area (Å²) in [7, 11) is 0. The van der Waals surface area contributed by atoms with Gasteiger partial charge in [0.1, 0.15) is 11.3 Å². The molecule has 11 heteroatoms. The van der Waals surface area contributed by atoms with Gasteiger partial charge in [0.2, 0.25) is 5.95 Å². The number of aromatic amines is 1. The number of benzene rings is 2. The number of H-pyrrole nitrogens is 1. The van der Waals surface area contributed by atoms with E-state index in [2.05, 4.69) is 30.9 Å². The molecule has 2 aromatic carbocycles. The Bertz CT molecular complexity index is 1410. The smallest absolute Gasteiger partial charge is 0.409 e. The average molecular weight is 435 g/mol. The van der Waals surface area contributed by atoms with Gasteiger partial charge in [-0.25, -0.2) is 23.5 Å².